The molecule has 2 heteroatoms. The molecule has 1 heterocycles. The minimum absolute atomic E-state index is 0.800. The Morgan fingerprint density at radius 1 is 1.19 bits per heavy atom. The average molecular weight is 211 g/mol. The average Bonchev–Trinajstić information content (AvgIpc) is 2.32. The van der Waals surface area contributed by atoms with Crippen LogP contribution in [0.2, 0.25) is 0 Å². The lowest BCUT2D eigenvalue weighted by atomic mass is 10.1. The van der Waals surface area contributed by atoms with Crippen LogP contribution in [0.4, 0.5) is 5.69 Å². The summed E-state index contributed by atoms with van der Waals surface area (Å²) in [5.74, 6) is 0. The SMILES string of the molecule is [CH2]c1c(C)cccc1NCc1ccncc1. The molecule has 0 saturated heterocycles. The van der Waals surface area contributed by atoms with Crippen LogP contribution < -0.4 is 5.32 Å². The molecular weight excluding hydrogens is 196 g/mol. The van der Waals surface area contributed by atoms with Crippen molar-refractivity contribution in [1.29, 1.82) is 0 Å². The van der Waals surface area contributed by atoms with Gasteiger partial charge in [0.25, 0.3) is 0 Å². The van der Waals surface area contributed by atoms with Gasteiger partial charge in [0.2, 0.25) is 0 Å². The molecular formula is C14H15N2. The Morgan fingerprint density at radius 2 is 1.94 bits per heavy atom. The van der Waals surface area contributed by atoms with Crippen LogP contribution in [-0.4, -0.2) is 4.98 Å². The van der Waals surface area contributed by atoms with Crippen LogP contribution >= 0.6 is 0 Å². The van der Waals surface area contributed by atoms with Crippen LogP contribution in [0.1, 0.15) is 16.7 Å². The highest BCUT2D eigenvalue weighted by molar-refractivity contribution is 5.56. The zero-order chi connectivity index (χ0) is 11.4. The van der Waals surface area contributed by atoms with Gasteiger partial charge in [0, 0.05) is 24.6 Å². The van der Waals surface area contributed by atoms with E-state index in [9.17, 15) is 0 Å². The van der Waals surface area contributed by atoms with Crippen molar-refractivity contribution < 1.29 is 0 Å². The molecule has 1 radical (unpaired) electrons. The highest BCUT2D eigenvalue weighted by Crippen LogP contribution is 2.18. The smallest absolute Gasteiger partial charge is 0.0402 e. The van der Waals surface area contributed by atoms with E-state index in [2.05, 4.69) is 36.3 Å². The number of pyridine rings is 1. The maximum atomic E-state index is 4.06. The van der Waals surface area contributed by atoms with Crippen LogP contribution in [0.25, 0.3) is 0 Å². The first-order valence-corrected chi connectivity index (χ1v) is 5.32. The Morgan fingerprint density at radius 3 is 2.69 bits per heavy atom. The molecule has 0 aliphatic heterocycles. The molecule has 1 N–H and O–H groups in total. The number of aryl methyl sites for hydroxylation is 1. The van der Waals surface area contributed by atoms with Gasteiger partial charge in [-0.3, -0.25) is 4.98 Å². The van der Waals surface area contributed by atoms with E-state index in [1.165, 1.54) is 11.1 Å². The molecule has 0 amide bonds. The largest absolute Gasteiger partial charge is 0.381 e. The van der Waals surface area contributed by atoms with E-state index < -0.39 is 0 Å². The Kier molecular flexibility index (Phi) is 3.20. The first kappa shape index (κ1) is 10.7. The lowest BCUT2D eigenvalue weighted by Crippen LogP contribution is -2.01. The van der Waals surface area contributed by atoms with Crippen LogP contribution in [0.5, 0.6) is 0 Å². The van der Waals surface area contributed by atoms with Gasteiger partial charge in [0.05, 0.1) is 0 Å². The molecule has 1 aromatic carbocycles. The summed E-state index contributed by atoms with van der Waals surface area (Å²) in [5, 5.41) is 3.38. The minimum Gasteiger partial charge on any atom is -0.381 e. The summed E-state index contributed by atoms with van der Waals surface area (Å²) in [7, 11) is 0. The van der Waals surface area contributed by atoms with E-state index in [1.54, 1.807) is 12.4 Å². The number of anilines is 1. The summed E-state index contributed by atoms with van der Waals surface area (Å²) in [5.41, 5.74) is 4.59. The molecule has 0 aliphatic carbocycles. The van der Waals surface area contributed by atoms with E-state index in [4.69, 9.17) is 0 Å². The second-order valence-corrected chi connectivity index (χ2v) is 3.81. The molecule has 0 unspecified atom stereocenters. The van der Waals surface area contributed by atoms with Gasteiger partial charge >= 0.3 is 0 Å². The standard InChI is InChI=1S/C14H15N2/c1-11-4-3-5-14(12(11)2)16-10-13-6-8-15-9-7-13/h3-9,16H,2,10H2,1H3. The van der Waals surface area contributed by atoms with Crippen LogP contribution in [0.15, 0.2) is 42.7 Å². The molecule has 2 aromatic rings. The van der Waals surface area contributed by atoms with Gasteiger partial charge in [-0.25, -0.2) is 0 Å². The molecule has 0 spiro atoms. The molecule has 2 rings (SSSR count). The van der Waals surface area contributed by atoms with Gasteiger partial charge in [-0.15, -0.1) is 0 Å². The third kappa shape index (κ3) is 2.40. The lowest BCUT2D eigenvalue weighted by molar-refractivity contribution is 1.12. The number of aromatic nitrogens is 1. The number of nitrogens with one attached hydrogen (secondary N) is 1. The molecule has 0 aliphatic rings. The molecule has 0 atom stereocenters. The van der Waals surface area contributed by atoms with Crippen LogP contribution in [0.3, 0.4) is 0 Å². The third-order valence-electron chi connectivity index (χ3n) is 2.64. The Balaban J connectivity index is 2.08. The fraction of sp³-hybridized carbons (Fsp3) is 0.143. The van der Waals surface area contributed by atoms with Gasteiger partial charge < -0.3 is 5.32 Å². The van der Waals surface area contributed by atoms with E-state index in [-0.39, 0.29) is 0 Å². The Labute approximate surface area is 96.4 Å². The number of benzene rings is 1. The zero-order valence-corrected chi connectivity index (χ0v) is 9.40. The third-order valence-corrected chi connectivity index (χ3v) is 2.64. The van der Waals surface area contributed by atoms with Crippen molar-refractivity contribution in [1.82, 2.24) is 4.98 Å². The number of rotatable bonds is 3. The normalized spacial score (nSPS) is 10.1. The Hall–Kier alpha value is -1.83. The van der Waals surface area contributed by atoms with E-state index >= 15 is 0 Å². The summed E-state index contributed by atoms with van der Waals surface area (Å²) >= 11 is 0. The molecule has 81 valence electrons. The van der Waals surface area contributed by atoms with Gasteiger partial charge in [0.15, 0.2) is 0 Å². The second-order valence-electron chi connectivity index (χ2n) is 3.81. The molecule has 0 saturated carbocycles. The van der Waals surface area contributed by atoms with Crippen molar-refractivity contribution in [2.45, 2.75) is 13.5 Å². The van der Waals surface area contributed by atoms with E-state index in [1.807, 2.05) is 18.2 Å². The first-order chi connectivity index (χ1) is 7.77. The topological polar surface area (TPSA) is 24.9 Å². The fourth-order valence-corrected chi connectivity index (χ4v) is 1.57. The fourth-order valence-electron chi connectivity index (χ4n) is 1.57. The first-order valence-electron chi connectivity index (χ1n) is 5.32. The molecule has 2 nitrogen and oxygen atoms in total. The summed E-state index contributed by atoms with van der Waals surface area (Å²) in [6.07, 6.45) is 3.61. The number of hydrogen-bond acceptors (Lipinski definition) is 2. The molecule has 16 heavy (non-hydrogen) atoms. The predicted octanol–water partition coefficient (Wildman–Crippen LogP) is 3.18. The lowest BCUT2D eigenvalue weighted by Gasteiger charge is -2.11. The van der Waals surface area contributed by atoms with Crippen molar-refractivity contribution in [3.05, 3.63) is 66.3 Å². The maximum absolute atomic E-state index is 4.06. The minimum atomic E-state index is 0.800. The maximum Gasteiger partial charge on any atom is 0.0402 e. The molecule has 1 aromatic heterocycles. The van der Waals surface area contributed by atoms with Gasteiger partial charge in [-0.05, 0) is 48.7 Å². The second kappa shape index (κ2) is 4.79. The summed E-state index contributed by atoms with van der Waals surface area (Å²) in [6, 6.07) is 10.2. The number of hydrogen-bond donors (Lipinski definition) is 1. The monoisotopic (exact) mass is 211 g/mol. The quantitative estimate of drug-likeness (QED) is 0.843. The number of nitrogens with zero attached hydrogens (tertiary/aromatic N) is 1. The zero-order valence-electron chi connectivity index (χ0n) is 9.40. The molecule has 0 fully saturated rings. The van der Waals surface area contributed by atoms with Crippen molar-refractivity contribution in [3.63, 3.8) is 0 Å². The van der Waals surface area contributed by atoms with Crippen molar-refractivity contribution in [3.8, 4) is 0 Å². The summed E-state index contributed by atoms with van der Waals surface area (Å²) in [6.45, 7) is 6.93. The van der Waals surface area contributed by atoms with Gasteiger partial charge in [-0.2, -0.15) is 0 Å². The van der Waals surface area contributed by atoms with Crippen molar-refractivity contribution >= 4 is 5.69 Å². The molecule has 0 bridgehead atoms. The van der Waals surface area contributed by atoms with Crippen molar-refractivity contribution in [2.75, 3.05) is 5.32 Å². The highest BCUT2D eigenvalue weighted by atomic mass is 14.9. The highest BCUT2D eigenvalue weighted by Gasteiger charge is 1.99. The van der Waals surface area contributed by atoms with Crippen LogP contribution in [-0.2, 0) is 6.54 Å². The van der Waals surface area contributed by atoms with Crippen molar-refractivity contribution in [2.24, 2.45) is 0 Å². The van der Waals surface area contributed by atoms with E-state index in [0.29, 0.717) is 0 Å². The van der Waals surface area contributed by atoms with Gasteiger partial charge in [0.1, 0.15) is 0 Å². The Bertz CT molecular complexity index is 463. The van der Waals surface area contributed by atoms with Crippen LogP contribution in [0, 0.1) is 13.8 Å². The summed E-state index contributed by atoms with van der Waals surface area (Å²) in [4.78, 5) is 3.99. The summed E-state index contributed by atoms with van der Waals surface area (Å²) < 4.78 is 0. The predicted molar refractivity (Wildman–Crippen MR) is 67.2 cm³/mol. The van der Waals surface area contributed by atoms with Gasteiger partial charge in [-0.1, -0.05) is 12.1 Å². The van der Waals surface area contributed by atoms with E-state index in [0.717, 1.165) is 17.8 Å².